The maximum absolute atomic E-state index is 14.5. The van der Waals surface area contributed by atoms with Crippen molar-refractivity contribution in [1.29, 1.82) is 5.41 Å². The Hall–Kier alpha value is -1.95. The highest BCUT2D eigenvalue weighted by atomic mass is 79.9. The van der Waals surface area contributed by atoms with Gasteiger partial charge in [-0.1, -0.05) is 0 Å². The number of hydrogen-bond donors (Lipinski definition) is 2. The third-order valence-electron chi connectivity index (χ3n) is 3.10. The fraction of sp³-hybridized carbons (Fsp3) is 0.133. The first-order valence-electron chi connectivity index (χ1n) is 6.31. The molecular weight excluding hydrogens is 340 g/mol. The van der Waals surface area contributed by atoms with Crippen LogP contribution in [0.5, 0.6) is 0 Å². The number of amidine groups is 1. The van der Waals surface area contributed by atoms with Gasteiger partial charge < -0.3 is 10.6 Å². The third kappa shape index (κ3) is 3.05. The van der Waals surface area contributed by atoms with Crippen LogP contribution in [0.15, 0.2) is 40.9 Å². The highest BCUT2D eigenvalue weighted by Gasteiger charge is 2.18. The molecule has 110 valence electrons. The topological polar surface area (TPSA) is 53.1 Å². The first-order chi connectivity index (χ1) is 9.95. The van der Waals surface area contributed by atoms with E-state index in [1.807, 2.05) is 6.92 Å². The van der Waals surface area contributed by atoms with Crippen LogP contribution in [0.4, 0.5) is 20.2 Å². The Bertz CT molecular complexity index is 671. The highest BCUT2D eigenvalue weighted by Crippen LogP contribution is 2.33. The van der Waals surface area contributed by atoms with E-state index < -0.39 is 5.82 Å². The molecule has 0 saturated heterocycles. The average Bonchev–Trinajstić information content (AvgIpc) is 2.45. The summed E-state index contributed by atoms with van der Waals surface area (Å²) in [4.78, 5) is 1.71. The summed E-state index contributed by atoms with van der Waals surface area (Å²) < 4.78 is 27.7. The summed E-state index contributed by atoms with van der Waals surface area (Å²) in [6.07, 6.45) is 0. The van der Waals surface area contributed by atoms with Gasteiger partial charge in [0.15, 0.2) is 5.82 Å². The molecule has 0 unspecified atom stereocenters. The van der Waals surface area contributed by atoms with Crippen LogP contribution in [0.2, 0.25) is 0 Å². The minimum absolute atomic E-state index is 0.146. The Morgan fingerprint density at radius 3 is 2.33 bits per heavy atom. The minimum Gasteiger partial charge on any atom is -0.384 e. The number of benzene rings is 2. The zero-order valence-electron chi connectivity index (χ0n) is 11.3. The van der Waals surface area contributed by atoms with Gasteiger partial charge in [0.2, 0.25) is 0 Å². The number of rotatable bonds is 4. The van der Waals surface area contributed by atoms with Crippen LogP contribution in [0, 0.1) is 17.0 Å². The van der Waals surface area contributed by atoms with Crippen molar-refractivity contribution in [2.24, 2.45) is 5.73 Å². The molecule has 0 heterocycles. The fourth-order valence-electron chi connectivity index (χ4n) is 2.07. The molecule has 0 saturated carbocycles. The summed E-state index contributed by atoms with van der Waals surface area (Å²) in [5.41, 5.74) is 6.71. The molecule has 2 aromatic carbocycles. The van der Waals surface area contributed by atoms with Crippen LogP contribution in [0.25, 0.3) is 0 Å². The van der Waals surface area contributed by atoms with E-state index in [1.54, 1.807) is 29.2 Å². The lowest BCUT2D eigenvalue weighted by Crippen LogP contribution is -2.19. The monoisotopic (exact) mass is 353 g/mol. The van der Waals surface area contributed by atoms with E-state index in [0.29, 0.717) is 23.5 Å². The molecule has 0 aliphatic carbocycles. The SMILES string of the molecule is CCN(c1ccc(F)cc1)c1ccc(C(=N)N)c(Br)c1F. The van der Waals surface area contributed by atoms with Crippen LogP contribution >= 0.6 is 15.9 Å². The normalized spacial score (nSPS) is 10.5. The predicted octanol–water partition coefficient (Wildman–Crippen LogP) is 4.17. The molecule has 0 spiro atoms. The van der Waals surface area contributed by atoms with Gasteiger partial charge in [-0.25, -0.2) is 8.78 Å². The summed E-state index contributed by atoms with van der Waals surface area (Å²) in [7, 11) is 0. The van der Waals surface area contributed by atoms with Crippen LogP contribution in [-0.4, -0.2) is 12.4 Å². The number of nitrogens with one attached hydrogen (secondary N) is 1. The number of halogens is 3. The lowest BCUT2D eigenvalue weighted by molar-refractivity contribution is 0.618. The smallest absolute Gasteiger partial charge is 0.161 e. The third-order valence-corrected chi connectivity index (χ3v) is 3.87. The molecule has 0 amide bonds. The summed E-state index contributed by atoms with van der Waals surface area (Å²) in [5.74, 6) is -1.06. The number of nitrogen functional groups attached to an aromatic ring is 1. The summed E-state index contributed by atoms with van der Waals surface area (Å²) in [5, 5.41) is 7.41. The van der Waals surface area contributed by atoms with E-state index in [1.165, 1.54) is 12.1 Å². The molecule has 3 N–H and O–H groups in total. The molecule has 0 aromatic heterocycles. The van der Waals surface area contributed by atoms with E-state index in [2.05, 4.69) is 15.9 Å². The number of nitrogens with two attached hydrogens (primary N) is 1. The molecular formula is C15H14BrF2N3. The fourth-order valence-corrected chi connectivity index (χ4v) is 2.62. The molecule has 2 aromatic rings. The Labute approximate surface area is 130 Å². The van der Waals surface area contributed by atoms with E-state index in [-0.39, 0.29) is 16.1 Å². The quantitative estimate of drug-likeness (QED) is 0.640. The first kappa shape index (κ1) is 15.4. The first-order valence-corrected chi connectivity index (χ1v) is 7.10. The summed E-state index contributed by atoms with van der Waals surface area (Å²) in [6.45, 7) is 2.38. The van der Waals surface area contributed by atoms with Gasteiger partial charge >= 0.3 is 0 Å². The van der Waals surface area contributed by atoms with Crippen molar-refractivity contribution in [2.75, 3.05) is 11.4 Å². The molecule has 21 heavy (non-hydrogen) atoms. The molecule has 0 atom stereocenters. The standard InChI is InChI=1S/C15H14BrF2N3/c1-2-21(10-5-3-9(17)4-6-10)12-8-7-11(15(19)20)13(16)14(12)18/h3-8H,2H2,1H3,(H3,19,20). The largest absolute Gasteiger partial charge is 0.384 e. The van der Waals surface area contributed by atoms with E-state index in [4.69, 9.17) is 11.1 Å². The van der Waals surface area contributed by atoms with Gasteiger partial charge in [-0.3, -0.25) is 5.41 Å². The van der Waals surface area contributed by atoms with Crippen LogP contribution in [0.1, 0.15) is 12.5 Å². The van der Waals surface area contributed by atoms with Gasteiger partial charge in [0.05, 0.1) is 10.2 Å². The van der Waals surface area contributed by atoms with Gasteiger partial charge in [0, 0.05) is 17.8 Å². The zero-order valence-corrected chi connectivity index (χ0v) is 12.9. The van der Waals surface area contributed by atoms with Crippen LogP contribution in [0.3, 0.4) is 0 Å². The van der Waals surface area contributed by atoms with Gasteiger partial charge in [-0.05, 0) is 59.3 Å². The van der Waals surface area contributed by atoms with E-state index in [9.17, 15) is 8.78 Å². The minimum atomic E-state index is -0.506. The lowest BCUT2D eigenvalue weighted by atomic mass is 10.1. The predicted molar refractivity (Wildman–Crippen MR) is 84.2 cm³/mol. The van der Waals surface area contributed by atoms with Crippen molar-refractivity contribution in [2.45, 2.75) is 6.92 Å². The van der Waals surface area contributed by atoms with Gasteiger partial charge in [0.1, 0.15) is 11.7 Å². The van der Waals surface area contributed by atoms with Crippen molar-refractivity contribution < 1.29 is 8.78 Å². The molecule has 0 aliphatic rings. The second-order valence-electron chi connectivity index (χ2n) is 4.39. The maximum atomic E-state index is 14.5. The van der Waals surface area contributed by atoms with E-state index in [0.717, 1.165) is 0 Å². The van der Waals surface area contributed by atoms with Gasteiger partial charge in [-0.15, -0.1) is 0 Å². The average molecular weight is 354 g/mol. The summed E-state index contributed by atoms with van der Waals surface area (Å²) in [6, 6.07) is 8.97. The van der Waals surface area contributed by atoms with Crippen molar-refractivity contribution in [3.8, 4) is 0 Å². The van der Waals surface area contributed by atoms with Gasteiger partial charge in [-0.2, -0.15) is 0 Å². The Balaban J connectivity index is 2.50. The zero-order chi connectivity index (χ0) is 15.6. The van der Waals surface area contributed by atoms with Crippen molar-refractivity contribution in [3.05, 3.63) is 58.1 Å². The molecule has 6 heteroatoms. The second-order valence-corrected chi connectivity index (χ2v) is 5.19. The Morgan fingerprint density at radius 2 is 1.81 bits per heavy atom. The molecule has 2 rings (SSSR count). The van der Waals surface area contributed by atoms with E-state index >= 15 is 0 Å². The summed E-state index contributed by atoms with van der Waals surface area (Å²) >= 11 is 3.13. The van der Waals surface area contributed by atoms with Crippen LogP contribution < -0.4 is 10.6 Å². The number of anilines is 2. The van der Waals surface area contributed by atoms with Crippen molar-refractivity contribution in [3.63, 3.8) is 0 Å². The maximum Gasteiger partial charge on any atom is 0.161 e. The van der Waals surface area contributed by atoms with Gasteiger partial charge in [0.25, 0.3) is 0 Å². The van der Waals surface area contributed by atoms with Crippen molar-refractivity contribution >= 4 is 33.1 Å². The molecule has 0 radical (unpaired) electrons. The van der Waals surface area contributed by atoms with Crippen LogP contribution in [-0.2, 0) is 0 Å². The second kappa shape index (κ2) is 6.22. The molecule has 0 bridgehead atoms. The Morgan fingerprint density at radius 1 is 1.19 bits per heavy atom. The number of hydrogen-bond acceptors (Lipinski definition) is 2. The molecule has 0 fully saturated rings. The lowest BCUT2D eigenvalue weighted by Gasteiger charge is -2.24. The Kier molecular flexibility index (Phi) is 4.57. The molecule has 0 aliphatic heterocycles. The van der Waals surface area contributed by atoms with Crippen molar-refractivity contribution in [1.82, 2.24) is 0 Å². The highest BCUT2D eigenvalue weighted by molar-refractivity contribution is 9.10. The molecule has 3 nitrogen and oxygen atoms in total. The number of nitrogens with zero attached hydrogens (tertiary/aromatic N) is 1.